The maximum Gasteiger partial charge on any atom is 0.225 e. The van der Waals surface area contributed by atoms with Crippen LogP contribution >= 0.6 is 0 Å². The van der Waals surface area contributed by atoms with Gasteiger partial charge in [0.1, 0.15) is 5.54 Å². The van der Waals surface area contributed by atoms with Crippen molar-refractivity contribution in [2.75, 3.05) is 45.1 Å². The number of nitrogens with zero attached hydrogens (tertiary/aromatic N) is 4. The van der Waals surface area contributed by atoms with Gasteiger partial charge < -0.3 is 20.5 Å². The second-order valence-electron chi connectivity index (χ2n) is 9.08. The largest absolute Gasteiger partial charge is 0.327 e. The average Bonchev–Trinajstić information content (AvgIpc) is 3.41. The van der Waals surface area contributed by atoms with Crippen LogP contribution in [0, 0.1) is 0 Å². The highest BCUT2D eigenvalue weighted by Crippen LogP contribution is 2.33. The van der Waals surface area contributed by atoms with Crippen LogP contribution in [0.3, 0.4) is 0 Å². The van der Waals surface area contributed by atoms with E-state index in [4.69, 9.17) is 0 Å². The number of nitrogens with one attached hydrogen (secondary N) is 3. The van der Waals surface area contributed by atoms with E-state index >= 15 is 0 Å². The summed E-state index contributed by atoms with van der Waals surface area (Å²) in [6, 6.07) is 17.8. The number of anilines is 1. The number of amides is 1. The summed E-state index contributed by atoms with van der Waals surface area (Å²) in [5, 5.41) is 3.02. The van der Waals surface area contributed by atoms with E-state index in [0.717, 1.165) is 60.9 Å². The molecule has 4 heterocycles. The molecular formula is C27H31N7O. The predicted molar refractivity (Wildman–Crippen MR) is 137 cm³/mol. The number of rotatable bonds is 7. The number of likely N-dealkylation sites (N-methyl/N-ethyl adjacent to an activating group) is 1. The van der Waals surface area contributed by atoms with Crippen molar-refractivity contribution in [1.82, 2.24) is 30.6 Å². The van der Waals surface area contributed by atoms with Crippen LogP contribution < -0.4 is 16.2 Å². The zero-order chi connectivity index (χ0) is 24.1. The molecule has 0 spiro atoms. The van der Waals surface area contributed by atoms with Crippen molar-refractivity contribution in [2.24, 2.45) is 0 Å². The monoisotopic (exact) mass is 469 g/mol. The van der Waals surface area contributed by atoms with Gasteiger partial charge in [0.2, 0.25) is 5.91 Å². The molecule has 1 unspecified atom stereocenters. The fourth-order valence-electron chi connectivity index (χ4n) is 4.54. The van der Waals surface area contributed by atoms with E-state index in [0.29, 0.717) is 6.42 Å². The number of hydrogen-bond acceptors (Lipinski definition) is 7. The van der Waals surface area contributed by atoms with Gasteiger partial charge in [-0.05, 0) is 55.1 Å². The molecule has 2 aliphatic rings. The van der Waals surface area contributed by atoms with Crippen molar-refractivity contribution >= 4 is 11.6 Å². The van der Waals surface area contributed by atoms with Crippen LogP contribution in [0.1, 0.15) is 17.7 Å². The summed E-state index contributed by atoms with van der Waals surface area (Å²) in [4.78, 5) is 26.3. The van der Waals surface area contributed by atoms with E-state index in [1.165, 1.54) is 0 Å². The minimum Gasteiger partial charge on any atom is -0.327 e. The first-order chi connectivity index (χ1) is 17.1. The molecular weight excluding hydrogens is 438 g/mol. The van der Waals surface area contributed by atoms with Crippen molar-refractivity contribution < 1.29 is 4.79 Å². The number of pyridine rings is 2. The highest BCUT2D eigenvalue weighted by atomic mass is 16.1. The van der Waals surface area contributed by atoms with E-state index in [1.807, 2.05) is 60.9 Å². The van der Waals surface area contributed by atoms with Gasteiger partial charge in [0.05, 0.1) is 11.4 Å². The molecule has 0 bridgehead atoms. The third-order valence-electron chi connectivity index (χ3n) is 6.69. The van der Waals surface area contributed by atoms with Crippen molar-refractivity contribution in [2.45, 2.75) is 12.0 Å². The molecule has 1 amide bonds. The zero-order valence-corrected chi connectivity index (χ0v) is 19.9. The van der Waals surface area contributed by atoms with Gasteiger partial charge in [0.25, 0.3) is 0 Å². The Morgan fingerprint density at radius 3 is 2.57 bits per heavy atom. The summed E-state index contributed by atoms with van der Waals surface area (Å²) in [6.45, 7) is 4.96. The molecule has 180 valence electrons. The Morgan fingerprint density at radius 2 is 1.86 bits per heavy atom. The van der Waals surface area contributed by atoms with Gasteiger partial charge in [0.15, 0.2) is 0 Å². The number of piperazine rings is 1. The van der Waals surface area contributed by atoms with E-state index in [9.17, 15) is 4.79 Å². The summed E-state index contributed by atoms with van der Waals surface area (Å²) in [7, 11) is 2.14. The summed E-state index contributed by atoms with van der Waals surface area (Å²) >= 11 is 0. The molecule has 5 rings (SSSR count). The van der Waals surface area contributed by atoms with Crippen molar-refractivity contribution in [3.8, 4) is 11.3 Å². The molecule has 0 aliphatic carbocycles. The smallest absolute Gasteiger partial charge is 0.225 e. The van der Waals surface area contributed by atoms with Crippen LogP contribution in [0.2, 0.25) is 0 Å². The highest BCUT2D eigenvalue weighted by molar-refractivity contribution is 5.91. The molecule has 1 saturated heterocycles. The van der Waals surface area contributed by atoms with Gasteiger partial charge in [-0.2, -0.15) is 0 Å². The number of hydrogen-bond donors (Lipinski definition) is 3. The zero-order valence-electron chi connectivity index (χ0n) is 19.9. The summed E-state index contributed by atoms with van der Waals surface area (Å²) in [5.74, 6) is 0.0423. The Morgan fingerprint density at radius 1 is 1.03 bits per heavy atom. The molecule has 1 fully saturated rings. The maximum atomic E-state index is 12.5. The first-order valence-corrected chi connectivity index (χ1v) is 12.0. The lowest BCUT2D eigenvalue weighted by molar-refractivity contribution is -0.116. The van der Waals surface area contributed by atoms with Gasteiger partial charge in [-0.1, -0.05) is 18.2 Å². The molecule has 0 saturated carbocycles. The standard InChI is InChI=1S/C27H31N7O/c1-33-16-18-34(19-17-33)15-10-26(35)31-23-7-5-21(6-8-23)24-20-22(9-13-28-24)27(11-14-30-32-27)25-4-2-3-12-29-25/h2-9,11-14,20,30,32H,10,15-19H2,1H3,(H,31,35). The van der Waals surface area contributed by atoms with Crippen LogP contribution in [0.4, 0.5) is 5.69 Å². The quantitative estimate of drug-likeness (QED) is 0.490. The van der Waals surface area contributed by atoms with Crippen LogP contribution in [-0.4, -0.2) is 65.4 Å². The van der Waals surface area contributed by atoms with Crippen molar-refractivity contribution in [3.63, 3.8) is 0 Å². The Labute approximate surface area is 206 Å². The topological polar surface area (TPSA) is 85.4 Å². The van der Waals surface area contributed by atoms with Gasteiger partial charge in [0, 0.05) is 69.0 Å². The molecule has 2 aromatic heterocycles. The second kappa shape index (κ2) is 10.4. The normalized spacial score (nSPS) is 20.5. The van der Waals surface area contributed by atoms with Gasteiger partial charge >= 0.3 is 0 Å². The van der Waals surface area contributed by atoms with E-state index < -0.39 is 5.54 Å². The predicted octanol–water partition coefficient (Wildman–Crippen LogP) is 2.58. The van der Waals surface area contributed by atoms with E-state index in [-0.39, 0.29) is 5.91 Å². The number of benzene rings is 1. The number of hydrazine groups is 1. The lowest BCUT2D eigenvalue weighted by atomic mass is 9.87. The molecule has 2 aliphatic heterocycles. The third-order valence-corrected chi connectivity index (χ3v) is 6.69. The summed E-state index contributed by atoms with van der Waals surface area (Å²) in [6.07, 6.45) is 8.06. The molecule has 8 heteroatoms. The lowest BCUT2D eigenvalue weighted by Crippen LogP contribution is -2.45. The minimum absolute atomic E-state index is 0.0423. The van der Waals surface area contributed by atoms with Crippen molar-refractivity contribution in [3.05, 3.63) is 90.5 Å². The Bertz CT molecular complexity index is 1170. The van der Waals surface area contributed by atoms with Crippen LogP contribution in [-0.2, 0) is 10.3 Å². The lowest BCUT2D eigenvalue weighted by Gasteiger charge is -2.32. The van der Waals surface area contributed by atoms with E-state index in [1.54, 1.807) is 6.20 Å². The first-order valence-electron chi connectivity index (χ1n) is 12.0. The molecule has 3 N–H and O–H groups in total. The fourth-order valence-corrected chi connectivity index (χ4v) is 4.54. The maximum absolute atomic E-state index is 12.5. The van der Waals surface area contributed by atoms with E-state index in [2.05, 4.69) is 55.1 Å². The van der Waals surface area contributed by atoms with Gasteiger partial charge in [-0.3, -0.25) is 14.8 Å². The average molecular weight is 470 g/mol. The second-order valence-corrected chi connectivity index (χ2v) is 9.08. The Hall–Kier alpha value is -3.59. The molecule has 8 nitrogen and oxygen atoms in total. The number of aromatic nitrogens is 2. The van der Waals surface area contributed by atoms with Crippen molar-refractivity contribution in [1.29, 1.82) is 0 Å². The molecule has 1 aromatic carbocycles. The van der Waals surface area contributed by atoms with Gasteiger partial charge in [-0.15, -0.1) is 0 Å². The molecule has 0 radical (unpaired) electrons. The molecule has 3 aromatic rings. The summed E-state index contributed by atoms with van der Waals surface area (Å²) < 4.78 is 0. The van der Waals surface area contributed by atoms with Crippen LogP contribution in [0.5, 0.6) is 0 Å². The number of carbonyl (C=O) groups excluding carboxylic acids is 1. The van der Waals surface area contributed by atoms with Gasteiger partial charge in [-0.25, -0.2) is 5.43 Å². The fraction of sp³-hybridized carbons (Fsp3) is 0.296. The molecule has 1 atom stereocenters. The van der Waals surface area contributed by atoms with Crippen LogP contribution in [0.15, 0.2) is 79.3 Å². The molecule has 35 heavy (non-hydrogen) atoms. The Kier molecular flexibility index (Phi) is 6.85. The Balaban J connectivity index is 1.26. The number of carbonyl (C=O) groups is 1. The first kappa shape index (κ1) is 23.2. The van der Waals surface area contributed by atoms with Crippen LogP contribution in [0.25, 0.3) is 11.3 Å². The third kappa shape index (κ3) is 5.24. The highest BCUT2D eigenvalue weighted by Gasteiger charge is 2.35. The minimum atomic E-state index is -0.573. The SMILES string of the molecule is CN1CCN(CCC(=O)Nc2ccc(-c3cc(C4(c5ccccn5)C=CNN4)ccn3)cc2)CC1. The summed E-state index contributed by atoms with van der Waals surface area (Å²) in [5.41, 5.74) is 10.4.